The molecule has 0 radical (unpaired) electrons. The molecule has 0 fully saturated rings. The number of imidazole rings is 1. The number of hydrogen-bond acceptors (Lipinski definition) is 2. The normalized spacial score (nSPS) is 10.8. The van der Waals surface area contributed by atoms with Gasteiger partial charge in [-0.05, 0) is 31.0 Å². The van der Waals surface area contributed by atoms with E-state index in [0.29, 0.717) is 5.15 Å². The minimum Gasteiger partial charge on any atom is -0.236 e. The Morgan fingerprint density at radius 3 is 2.45 bits per heavy atom. The minimum atomic E-state index is 0.392. The highest BCUT2D eigenvalue weighted by atomic mass is 35.5. The predicted octanol–water partition coefficient (Wildman–Crippen LogP) is 2.81. The Hall–Kier alpha value is -2.20. The van der Waals surface area contributed by atoms with Crippen molar-refractivity contribution < 1.29 is 4.57 Å². The standard InChI is InChI=1S/C15H14ClN4/c1-11-4-3-5-12(2)15(11)20-9-8-19(10-20)14-7-6-13(16)17-18-14/h3-10H,1-2H3/q+1. The fourth-order valence-electron chi connectivity index (χ4n) is 2.28. The van der Waals surface area contributed by atoms with Crippen LogP contribution in [0.1, 0.15) is 11.1 Å². The second-order valence-corrected chi connectivity index (χ2v) is 5.07. The molecule has 5 heteroatoms. The van der Waals surface area contributed by atoms with Gasteiger partial charge in [0, 0.05) is 11.2 Å². The van der Waals surface area contributed by atoms with Crippen LogP contribution >= 0.6 is 11.6 Å². The lowest BCUT2D eigenvalue weighted by molar-refractivity contribution is -0.599. The van der Waals surface area contributed by atoms with Crippen LogP contribution in [0.15, 0.2) is 49.1 Å². The number of halogens is 1. The lowest BCUT2D eigenvalue weighted by Crippen LogP contribution is -2.29. The van der Waals surface area contributed by atoms with Crippen LogP contribution < -0.4 is 4.57 Å². The van der Waals surface area contributed by atoms with Crippen LogP contribution in [0.5, 0.6) is 0 Å². The summed E-state index contributed by atoms with van der Waals surface area (Å²) in [6, 6.07) is 9.84. The van der Waals surface area contributed by atoms with E-state index in [1.807, 2.05) is 29.4 Å². The molecule has 0 bridgehead atoms. The molecule has 1 aromatic carbocycles. The van der Waals surface area contributed by atoms with Gasteiger partial charge in [-0.2, -0.15) is 0 Å². The number of benzene rings is 1. The van der Waals surface area contributed by atoms with Crippen LogP contribution in [0.2, 0.25) is 5.15 Å². The Labute approximate surface area is 122 Å². The number of aromatic nitrogens is 4. The molecule has 0 unspecified atom stereocenters. The van der Waals surface area contributed by atoms with Crippen LogP contribution in [0.25, 0.3) is 11.5 Å². The van der Waals surface area contributed by atoms with Gasteiger partial charge in [0.05, 0.1) is 6.20 Å². The van der Waals surface area contributed by atoms with E-state index in [1.54, 1.807) is 6.07 Å². The van der Waals surface area contributed by atoms with Crippen molar-refractivity contribution in [2.24, 2.45) is 0 Å². The molecule has 3 rings (SSSR count). The van der Waals surface area contributed by atoms with Crippen molar-refractivity contribution >= 4 is 11.6 Å². The molecule has 3 aromatic rings. The lowest BCUT2D eigenvalue weighted by Gasteiger charge is -2.06. The second-order valence-electron chi connectivity index (χ2n) is 4.68. The quantitative estimate of drug-likeness (QED) is 0.679. The Morgan fingerprint density at radius 2 is 1.80 bits per heavy atom. The van der Waals surface area contributed by atoms with Gasteiger partial charge in [-0.25, -0.2) is 9.13 Å². The summed E-state index contributed by atoms with van der Waals surface area (Å²) in [5.41, 5.74) is 3.65. The number of para-hydroxylation sites is 1. The summed E-state index contributed by atoms with van der Waals surface area (Å²) < 4.78 is 4.00. The predicted molar refractivity (Wildman–Crippen MR) is 77.4 cm³/mol. The summed E-state index contributed by atoms with van der Waals surface area (Å²) in [5, 5.41) is 8.32. The van der Waals surface area contributed by atoms with Gasteiger partial charge in [-0.15, -0.1) is 0 Å². The van der Waals surface area contributed by atoms with Crippen LogP contribution in [0.3, 0.4) is 0 Å². The van der Waals surface area contributed by atoms with E-state index in [9.17, 15) is 0 Å². The highest BCUT2D eigenvalue weighted by molar-refractivity contribution is 6.29. The molecule has 20 heavy (non-hydrogen) atoms. The number of aryl methyl sites for hydroxylation is 2. The van der Waals surface area contributed by atoms with Crippen LogP contribution in [0.4, 0.5) is 0 Å². The summed E-state index contributed by atoms with van der Waals surface area (Å²) >= 11 is 5.75. The van der Waals surface area contributed by atoms with Gasteiger partial charge in [-0.1, -0.05) is 34.9 Å². The molecule has 0 saturated heterocycles. The molecule has 2 heterocycles. The van der Waals surface area contributed by atoms with E-state index in [4.69, 9.17) is 11.6 Å². The Balaban J connectivity index is 2.04. The molecule has 0 atom stereocenters. The largest absolute Gasteiger partial charge is 0.292 e. The second kappa shape index (κ2) is 5.06. The van der Waals surface area contributed by atoms with Crippen molar-refractivity contribution in [1.29, 1.82) is 0 Å². The van der Waals surface area contributed by atoms with Crippen molar-refractivity contribution in [1.82, 2.24) is 14.8 Å². The third-order valence-electron chi connectivity index (χ3n) is 3.22. The van der Waals surface area contributed by atoms with Gasteiger partial charge < -0.3 is 0 Å². The summed E-state index contributed by atoms with van der Waals surface area (Å²) in [6.45, 7) is 4.21. The first-order valence-corrected chi connectivity index (χ1v) is 6.68. The first-order chi connectivity index (χ1) is 9.65. The van der Waals surface area contributed by atoms with E-state index in [-0.39, 0.29) is 0 Å². The maximum atomic E-state index is 5.75. The molecular weight excluding hydrogens is 272 g/mol. The number of nitrogens with zero attached hydrogens (tertiary/aromatic N) is 4. The maximum absolute atomic E-state index is 5.75. The molecule has 0 aliphatic rings. The molecule has 4 nitrogen and oxygen atoms in total. The van der Waals surface area contributed by atoms with E-state index < -0.39 is 0 Å². The van der Waals surface area contributed by atoms with E-state index >= 15 is 0 Å². The first-order valence-electron chi connectivity index (χ1n) is 6.30. The summed E-state index contributed by atoms with van der Waals surface area (Å²) in [6.07, 6.45) is 5.93. The van der Waals surface area contributed by atoms with Crippen molar-refractivity contribution in [3.05, 3.63) is 65.3 Å². The van der Waals surface area contributed by atoms with E-state index in [2.05, 4.69) is 46.8 Å². The molecule has 0 spiro atoms. The molecule has 0 aliphatic carbocycles. The third kappa shape index (κ3) is 2.30. The molecule has 0 N–H and O–H groups in total. The van der Waals surface area contributed by atoms with Gasteiger partial charge >= 0.3 is 0 Å². The van der Waals surface area contributed by atoms with Gasteiger partial charge in [0.25, 0.3) is 5.82 Å². The molecule has 0 amide bonds. The molecule has 2 aromatic heterocycles. The number of hydrogen-bond donors (Lipinski definition) is 0. The van der Waals surface area contributed by atoms with Gasteiger partial charge in [0.2, 0.25) is 0 Å². The monoisotopic (exact) mass is 285 g/mol. The Morgan fingerprint density at radius 1 is 1.05 bits per heavy atom. The van der Waals surface area contributed by atoms with Crippen molar-refractivity contribution in [2.45, 2.75) is 13.8 Å². The Bertz CT molecular complexity index is 727. The minimum absolute atomic E-state index is 0.392. The van der Waals surface area contributed by atoms with E-state index in [1.165, 1.54) is 16.8 Å². The van der Waals surface area contributed by atoms with Crippen LogP contribution in [-0.2, 0) is 0 Å². The molecule has 0 saturated carbocycles. The van der Waals surface area contributed by atoms with Gasteiger partial charge in [-0.3, -0.25) is 0 Å². The smallest absolute Gasteiger partial charge is 0.236 e. The van der Waals surface area contributed by atoms with Crippen molar-refractivity contribution in [3.8, 4) is 11.5 Å². The zero-order valence-corrected chi connectivity index (χ0v) is 12.0. The summed E-state index contributed by atoms with van der Waals surface area (Å²) in [4.78, 5) is 0. The number of rotatable bonds is 2. The van der Waals surface area contributed by atoms with Crippen LogP contribution in [-0.4, -0.2) is 14.8 Å². The fourth-order valence-corrected chi connectivity index (χ4v) is 2.38. The topological polar surface area (TPSA) is 34.6 Å². The zero-order valence-electron chi connectivity index (χ0n) is 11.3. The maximum Gasteiger partial charge on any atom is 0.292 e. The SMILES string of the molecule is Cc1cccc(C)c1-n1cc[n+](-c2ccc(Cl)nn2)c1. The van der Waals surface area contributed by atoms with Gasteiger partial charge in [0.1, 0.15) is 11.9 Å². The average molecular weight is 286 g/mol. The fraction of sp³-hybridized carbons (Fsp3) is 0.133. The molecule has 0 aliphatic heterocycles. The zero-order chi connectivity index (χ0) is 14.1. The van der Waals surface area contributed by atoms with E-state index in [0.717, 1.165) is 5.82 Å². The van der Waals surface area contributed by atoms with Crippen LogP contribution in [0, 0.1) is 13.8 Å². The van der Waals surface area contributed by atoms with Gasteiger partial charge in [0.15, 0.2) is 11.5 Å². The van der Waals surface area contributed by atoms with Crippen molar-refractivity contribution in [3.63, 3.8) is 0 Å². The molecular formula is C15H14ClN4+. The summed E-state index contributed by atoms with van der Waals surface area (Å²) in [5.74, 6) is 0.736. The third-order valence-corrected chi connectivity index (χ3v) is 3.42. The lowest BCUT2D eigenvalue weighted by atomic mass is 10.1. The highest BCUT2D eigenvalue weighted by Gasteiger charge is 2.12. The highest BCUT2D eigenvalue weighted by Crippen LogP contribution is 2.17. The first kappa shape index (κ1) is 12.8. The van der Waals surface area contributed by atoms with Crippen molar-refractivity contribution in [2.75, 3.05) is 0 Å². The molecule has 100 valence electrons. The Kier molecular flexibility index (Phi) is 3.24. The average Bonchev–Trinajstić information content (AvgIpc) is 2.89. The summed E-state index contributed by atoms with van der Waals surface area (Å²) in [7, 11) is 0.